The Morgan fingerprint density at radius 3 is 2.38 bits per heavy atom. The number of esters is 1. The molecule has 0 amide bonds. The van der Waals surface area contributed by atoms with E-state index in [0.29, 0.717) is 12.1 Å². The molecule has 0 saturated heterocycles. The Morgan fingerprint density at radius 2 is 1.94 bits per heavy atom. The maximum atomic E-state index is 11.6. The third kappa shape index (κ3) is 3.59. The Bertz CT molecular complexity index is 268. The molecule has 2 atom stereocenters. The van der Waals surface area contributed by atoms with Gasteiger partial charge in [0.25, 0.3) is 0 Å². The summed E-state index contributed by atoms with van der Waals surface area (Å²) in [5.74, 6) is 0.0644. The van der Waals surface area contributed by atoms with Crippen LogP contribution in [0, 0.1) is 5.92 Å². The Morgan fingerprint density at radius 1 is 1.38 bits per heavy atom. The van der Waals surface area contributed by atoms with Gasteiger partial charge >= 0.3 is 5.97 Å². The average Bonchev–Trinajstić information content (AvgIpc) is 2.77. The maximum Gasteiger partial charge on any atom is 0.308 e. The third-order valence-electron chi connectivity index (χ3n) is 2.84. The van der Waals surface area contributed by atoms with Gasteiger partial charge in [0.2, 0.25) is 0 Å². The van der Waals surface area contributed by atoms with Crippen LogP contribution in [-0.2, 0) is 14.0 Å². The monoisotopic (exact) mass is 244 g/mol. The van der Waals surface area contributed by atoms with Gasteiger partial charge in [-0.1, -0.05) is 0 Å². The van der Waals surface area contributed by atoms with Crippen molar-refractivity contribution in [1.29, 1.82) is 0 Å². The van der Waals surface area contributed by atoms with Gasteiger partial charge in [-0.25, -0.2) is 0 Å². The van der Waals surface area contributed by atoms with E-state index in [4.69, 9.17) is 9.16 Å². The van der Waals surface area contributed by atoms with Crippen molar-refractivity contribution < 1.29 is 14.0 Å². The molecular weight excluding hydrogens is 220 g/mol. The quantitative estimate of drug-likeness (QED) is 0.563. The van der Waals surface area contributed by atoms with E-state index in [2.05, 4.69) is 33.9 Å². The molecule has 0 heterocycles. The van der Waals surface area contributed by atoms with Gasteiger partial charge in [-0.05, 0) is 52.8 Å². The number of carbonyl (C=O) groups excluding carboxylic acids is 1. The average molecular weight is 244 g/mol. The SMILES string of the molecule is CCOC(=O)C1CC1[Si](C)(C)OC(C)(C)C. The number of ether oxygens (including phenoxy) is 1. The van der Waals surface area contributed by atoms with Crippen LogP contribution in [0.15, 0.2) is 0 Å². The zero-order valence-electron chi connectivity index (χ0n) is 11.3. The molecule has 1 aliphatic carbocycles. The summed E-state index contributed by atoms with van der Waals surface area (Å²) in [4.78, 5) is 11.6. The van der Waals surface area contributed by atoms with Crippen molar-refractivity contribution >= 4 is 14.3 Å². The van der Waals surface area contributed by atoms with E-state index in [-0.39, 0.29) is 17.5 Å². The number of carbonyl (C=O) groups is 1. The van der Waals surface area contributed by atoms with E-state index in [1.807, 2.05) is 6.92 Å². The molecule has 1 rings (SSSR count). The van der Waals surface area contributed by atoms with Crippen LogP contribution in [0.5, 0.6) is 0 Å². The van der Waals surface area contributed by atoms with Gasteiger partial charge in [-0.15, -0.1) is 0 Å². The van der Waals surface area contributed by atoms with Crippen molar-refractivity contribution in [2.24, 2.45) is 5.92 Å². The molecule has 2 unspecified atom stereocenters. The molecule has 0 N–H and O–H groups in total. The molecule has 0 aromatic rings. The predicted octanol–water partition coefficient (Wildman–Crippen LogP) is 2.96. The zero-order chi connectivity index (χ0) is 12.6. The van der Waals surface area contributed by atoms with E-state index in [1.165, 1.54) is 0 Å². The van der Waals surface area contributed by atoms with Crippen LogP contribution in [0.25, 0.3) is 0 Å². The van der Waals surface area contributed by atoms with E-state index in [9.17, 15) is 4.79 Å². The van der Waals surface area contributed by atoms with Gasteiger partial charge in [-0.2, -0.15) is 0 Å². The summed E-state index contributed by atoms with van der Waals surface area (Å²) in [6.45, 7) is 12.9. The normalized spacial score (nSPS) is 25.4. The molecule has 0 aliphatic heterocycles. The predicted molar refractivity (Wildman–Crippen MR) is 66.8 cm³/mol. The standard InChI is InChI=1S/C12H24O3Si/c1-7-14-11(13)9-8-10(9)16(5,6)15-12(2,3)4/h9-10H,7-8H2,1-6H3. The molecule has 1 aliphatic rings. The molecule has 0 aromatic heterocycles. The molecule has 0 radical (unpaired) electrons. The van der Waals surface area contributed by atoms with E-state index >= 15 is 0 Å². The van der Waals surface area contributed by atoms with Crippen LogP contribution < -0.4 is 0 Å². The fourth-order valence-corrected chi connectivity index (χ4v) is 5.99. The summed E-state index contributed by atoms with van der Waals surface area (Å²) in [5, 5.41) is 0. The lowest BCUT2D eigenvalue weighted by Crippen LogP contribution is -2.40. The highest BCUT2D eigenvalue weighted by molar-refractivity contribution is 6.74. The fourth-order valence-electron chi connectivity index (χ4n) is 2.34. The molecule has 4 heteroatoms. The van der Waals surface area contributed by atoms with Gasteiger partial charge in [0.1, 0.15) is 0 Å². The first-order valence-electron chi connectivity index (χ1n) is 6.04. The smallest absolute Gasteiger partial charge is 0.308 e. The van der Waals surface area contributed by atoms with Crippen LogP contribution in [0.2, 0.25) is 18.6 Å². The minimum atomic E-state index is -1.76. The second-order valence-electron chi connectivity index (χ2n) is 6.02. The van der Waals surface area contributed by atoms with E-state index in [0.717, 1.165) is 6.42 Å². The zero-order valence-corrected chi connectivity index (χ0v) is 12.3. The first kappa shape index (κ1) is 13.7. The Kier molecular flexibility index (Phi) is 3.85. The van der Waals surface area contributed by atoms with Gasteiger partial charge in [0.15, 0.2) is 8.32 Å². The highest BCUT2D eigenvalue weighted by Gasteiger charge is 2.55. The molecule has 0 spiro atoms. The van der Waals surface area contributed by atoms with Crippen molar-refractivity contribution in [2.75, 3.05) is 6.61 Å². The third-order valence-corrected chi connectivity index (χ3v) is 6.40. The van der Waals surface area contributed by atoms with Crippen molar-refractivity contribution in [3.05, 3.63) is 0 Å². The van der Waals surface area contributed by atoms with Gasteiger partial charge in [0.05, 0.1) is 12.5 Å². The summed E-state index contributed by atoms with van der Waals surface area (Å²) in [6.07, 6.45) is 0.953. The second kappa shape index (κ2) is 4.49. The summed E-state index contributed by atoms with van der Waals surface area (Å²) >= 11 is 0. The minimum absolute atomic E-state index is 0.0365. The highest BCUT2D eigenvalue weighted by Crippen LogP contribution is 2.53. The molecule has 94 valence electrons. The van der Waals surface area contributed by atoms with Crippen LogP contribution in [0.4, 0.5) is 0 Å². The summed E-state index contributed by atoms with van der Waals surface area (Å²) < 4.78 is 11.2. The van der Waals surface area contributed by atoms with Gasteiger partial charge in [0, 0.05) is 5.60 Å². The highest BCUT2D eigenvalue weighted by atomic mass is 28.4. The Balaban J connectivity index is 2.52. The molecule has 3 nitrogen and oxygen atoms in total. The largest absolute Gasteiger partial charge is 0.466 e. The van der Waals surface area contributed by atoms with Crippen molar-refractivity contribution in [3.8, 4) is 0 Å². The topological polar surface area (TPSA) is 35.5 Å². The number of rotatable bonds is 4. The Hall–Kier alpha value is -0.353. The maximum absolute atomic E-state index is 11.6. The number of hydrogen-bond donors (Lipinski definition) is 0. The molecule has 1 saturated carbocycles. The number of hydrogen-bond acceptors (Lipinski definition) is 3. The van der Waals surface area contributed by atoms with Crippen molar-refractivity contribution in [3.63, 3.8) is 0 Å². The summed E-state index contributed by atoms with van der Waals surface area (Å²) in [7, 11) is -1.76. The summed E-state index contributed by atoms with van der Waals surface area (Å²) in [5.41, 5.74) is 0.322. The first-order valence-corrected chi connectivity index (χ1v) is 9.03. The molecular formula is C12H24O3Si. The second-order valence-corrected chi connectivity index (χ2v) is 10.2. The Labute approximate surface area is 99.6 Å². The fraction of sp³-hybridized carbons (Fsp3) is 0.917. The lowest BCUT2D eigenvalue weighted by Gasteiger charge is -2.32. The first-order chi connectivity index (χ1) is 7.17. The van der Waals surface area contributed by atoms with Crippen LogP contribution in [0.3, 0.4) is 0 Å². The van der Waals surface area contributed by atoms with E-state index < -0.39 is 8.32 Å². The van der Waals surface area contributed by atoms with Crippen molar-refractivity contribution in [2.45, 2.75) is 58.4 Å². The van der Waals surface area contributed by atoms with E-state index in [1.54, 1.807) is 0 Å². The van der Waals surface area contributed by atoms with Gasteiger partial charge < -0.3 is 9.16 Å². The van der Waals surface area contributed by atoms with Crippen molar-refractivity contribution in [1.82, 2.24) is 0 Å². The summed E-state index contributed by atoms with van der Waals surface area (Å²) in [6, 6.07) is 0. The van der Waals surface area contributed by atoms with Gasteiger partial charge in [-0.3, -0.25) is 4.79 Å². The molecule has 1 fully saturated rings. The van der Waals surface area contributed by atoms with Crippen LogP contribution in [-0.4, -0.2) is 26.5 Å². The molecule has 16 heavy (non-hydrogen) atoms. The molecule has 0 aromatic carbocycles. The lowest BCUT2D eigenvalue weighted by molar-refractivity contribution is -0.144. The van der Waals surface area contributed by atoms with Crippen LogP contribution >= 0.6 is 0 Å². The minimum Gasteiger partial charge on any atom is -0.466 e. The molecule has 0 bridgehead atoms. The lowest BCUT2D eigenvalue weighted by atomic mass is 10.2. The van der Waals surface area contributed by atoms with Crippen LogP contribution in [0.1, 0.15) is 34.1 Å².